The van der Waals surface area contributed by atoms with Crippen LogP contribution in [-0.2, 0) is 3.08 Å². The predicted octanol–water partition coefficient (Wildman–Crippen LogP) is 2.56. The second-order valence-electron chi connectivity index (χ2n) is 2.08. The first-order valence-corrected chi connectivity index (χ1v) is 8.75. The zero-order valence-electron chi connectivity index (χ0n) is 6.63. The molecule has 0 fully saturated rings. The van der Waals surface area contributed by atoms with Crippen molar-refractivity contribution in [2.24, 2.45) is 0 Å². The molecule has 56 valence electrons. The molecule has 0 aromatic rings. The fraction of sp³-hybridized carbons (Fsp3) is 0.500. The van der Waals surface area contributed by atoms with Gasteiger partial charge in [0.1, 0.15) is 0 Å². The van der Waals surface area contributed by atoms with Gasteiger partial charge in [0.25, 0.3) is 0 Å². The van der Waals surface area contributed by atoms with E-state index in [4.69, 9.17) is 0 Å². The van der Waals surface area contributed by atoms with E-state index in [9.17, 15) is 3.08 Å². The number of hydrogen-bond donors (Lipinski definition) is 0. The zero-order chi connectivity index (χ0) is 7.82. The Bertz CT molecular complexity index is 131. The Hall–Kier alpha value is 0.0787. The molecule has 0 saturated carbocycles. The first-order chi connectivity index (χ1) is 4.81. The van der Waals surface area contributed by atoms with Crippen LogP contribution in [-0.4, -0.2) is 19.7 Å². The van der Waals surface area contributed by atoms with Gasteiger partial charge in [-0.2, -0.15) is 0 Å². The van der Waals surface area contributed by atoms with Crippen LogP contribution in [0.25, 0.3) is 0 Å². The fourth-order valence-corrected chi connectivity index (χ4v) is 3.90. The van der Waals surface area contributed by atoms with Gasteiger partial charge in [-0.15, -0.1) is 0 Å². The van der Waals surface area contributed by atoms with Crippen LogP contribution < -0.4 is 0 Å². The molecule has 0 N–H and O–H groups in total. The molecule has 0 rings (SSSR count). The van der Waals surface area contributed by atoms with Crippen molar-refractivity contribution in [3.63, 3.8) is 0 Å². The van der Waals surface area contributed by atoms with E-state index in [1.54, 1.807) is 0 Å². The van der Waals surface area contributed by atoms with Crippen LogP contribution in [0.4, 0.5) is 0 Å². The minimum absolute atomic E-state index is 0.850. The molecule has 0 saturated heterocycles. The van der Waals surface area contributed by atoms with Crippen molar-refractivity contribution in [3.05, 3.63) is 24.3 Å². The molecule has 10 heavy (non-hydrogen) atoms. The third-order valence-corrected chi connectivity index (χ3v) is 5.11. The molecule has 0 bridgehead atoms. The van der Waals surface area contributed by atoms with Gasteiger partial charge in [-0.3, -0.25) is 0 Å². The van der Waals surface area contributed by atoms with Crippen LogP contribution in [0.15, 0.2) is 24.3 Å². The van der Waals surface area contributed by atoms with E-state index in [1.165, 1.54) is 0 Å². The average molecular weight is 245 g/mol. The Kier molecular flexibility index (Phi) is 7.25. The summed E-state index contributed by atoms with van der Waals surface area (Å²) in [5, 5.41) is 0. The van der Waals surface area contributed by atoms with Crippen LogP contribution in [0, 0.1) is 0 Å². The van der Waals surface area contributed by atoms with Crippen molar-refractivity contribution < 1.29 is 3.08 Å². The van der Waals surface area contributed by atoms with Gasteiger partial charge < -0.3 is 0 Å². The average Bonchev–Trinajstić information content (AvgIpc) is 1.97. The third kappa shape index (κ3) is 6.20. The maximum absolute atomic E-state index is 11.1. The zero-order valence-corrected chi connectivity index (χ0v) is 9.49. The Balaban J connectivity index is 3.44. The summed E-state index contributed by atoms with van der Waals surface area (Å²) in [6, 6.07) is 0. The topological polar surface area (TPSA) is 17.1 Å². The monoisotopic (exact) mass is 246 g/mol. The maximum atomic E-state index is 11.1. The van der Waals surface area contributed by atoms with Gasteiger partial charge >= 0.3 is 69.8 Å². The fourth-order valence-electron chi connectivity index (χ4n) is 0.582. The van der Waals surface area contributed by atoms with Gasteiger partial charge in [0, 0.05) is 0 Å². The van der Waals surface area contributed by atoms with Gasteiger partial charge in [0.05, 0.1) is 0 Å². The van der Waals surface area contributed by atoms with Gasteiger partial charge in [0.15, 0.2) is 0 Å². The second kappa shape index (κ2) is 7.19. The molecule has 0 aliphatic rings. The van der Waals surface area contributed by atoms with E-state index < -0.39 is 19.7 Å². The summed E-state index contributed by atoms with van der Waals surface area (Å²) in [6.07, 6.45) is 7.94. The van der Waals surface area contributed by atoms with Crippen LogP contribution in [0.5, 0.6) is 0 Å². The van der Waals surface area contributed by atoms with Crippen molar-refractivity contribution in [2.45, 2.75) is 22.7 Å². The van der Waals surface area contributed by atoms with Gasteiger partial charge in [-0.05, 0) is 0 Å². The summed E-state index contributed by atoms with van der Waals surface area (Å²) in [7, 11) is 0. The molecule has 0 radical (unpaired) electrons. The summed E-state index contributed by atoms with van der Waals surface area (Å²) in [6.45, 7) is 3.93. The SMILES string of the molecule is CC=C[CH2][Sn](=[O])[CH2]C=CC. The van der Waals surface area contributed by atoms with Crippen LogP contribution in [0.2, 0.25) is 8.87 Å². The van der Waals surface area contributed by atoms with Gasteiger partial charge in [-0.25, -0.2) is 0 Å². The Morgan fingerprint density at radius 1 is 1.10 bits per heavy atom. The first-order valence-electron chi connectivity index (χ1n) is 3.55. The second-order valence-corrected chi connectivity index (χ2v) is 7.49. The molecule has 0 aliphatic heterocycles. The molecule has 0 unspecified atom stereocenters. The molecule has 0 amide bonds. The molecule has 0 spiro atoms. The summed E-state index contributed by atoms with van der Waals surface area (Å²) in [4.78, 5) is 0. The van der Waals surface area contributed by atoms with Crippen molar-refractivity contribution in [3.8, 4) is 0 Å². The summed E-state index contributed by atoms with van der Waals surface area (Å²) < 4.78 is 12.8. The molecule has 0 heterocycles. The Morgan fingerprint density at radius 2 is 1.50 bits per heavy atom. The molecule has 0 aromatic heterocycles. The quantitative estimate of drug-likeness (QED) is 0.549. The number of allylic oxidation sites excluding steroid dienone is 4. The standard InChI is InChI=1S/2C4H7.O.Sn/c2*1-3-4-2;;/h2*3-4H,1H2,2H3;;. The first kappa shape index (κ1) is 10.1. The van der Waals surface area contributed by atoms with E-state index in [-0.39, 0.29) is 0 Å². The van der Waals surface area contributed by atoms with Crippen molar-refractivity contribution in [1.82, 2.24) is 0 Å². The molecule has 1 nitrogen and oxygen atoms in total. The summed E-state index contributed by atoms with van der Waals surface area (Å²) in [5.41, 5.74) is 0. The van der Waals surface area contributed by atoms with E-state index in [2.05, 4.69) is 0 Å². The van der Waals surface area contributed by atoms with E-state index in [0.717, 1.165) is 8.87 Å². The van der Waals surface area contributed by atoms with Crippen LogP contribution in [0.1, 0.15) is 13.8 Å². The van der Waals surface area contributed by atoms with Crippen LogP contribution >= 0.6 is 0 Å². The molecule has 2 heteroatoms. The number of hydrogen-bond acceptors (Lipinski definition) is 1. The Morgan fingerprint density at radius 3 is 1.80 bits per heavy atom. The van der Waals surface area contributed by atoms with E-state index in [1.807, 2.05) is 38.2 Å². The summed E-state index contributed by atoms with van der Waals surface area (Å²) in [5.74, 6) is 0. The number of rotatable bonds is 4. The van der Waals surface area contributed by atoms with E-state index >= 15 is 0 Å². The van der Waals surface area contributed by atoms with Crippen molar-refractivity contribution >= 4 is 19.7 Å². The van der Waals surface area contributed by atoms with Crippen molar-refractivity contribution in [1.29, 1.82) is 0 Å². The molecular formula is C8H14OSn. The molecule has 0 aliphatic carbocycles. The summed E-state index contributed by atoms with van der Waals surface area (Å²) >= 11 is -2.16. The Labute approximate surface area is 69.9 Å². The molecule has 0 atom stereocenters. The minimum atomic E-state index is -2.16. The third-order valence-electron chi connectivity index (χ3n) is 1.16. The van der Waals surface area contributed by atoms with Crippen molar-refractivity contribution in [2.75, 3.05) is 0 Å². The van der Waals surface area contributed by atoms with Gasteiger partial charge in [-0.1, -0.05) is 0 Å². The predicted molar refractivity (Wildman–Crippen MR) is 45.7 cm³/mol. The van der Waals surface area contributed by atoms with Crippen LogP contribution in [0.3, 0.4) is 0 Å². The molecular weight excluding hydrogens is 231 g/mol. The molecule has 0 aromatic carbocycles. The normalized spacial score (nSPS) is 11.4. The van der Waals surface area contributed by atoms with E-state index in [0.29, 0.717) is 0 Å². The van der Waals surface area contributed by atoms with Gasteiger partial charge in [0.2, 0.25) is 0 Å².